The standard InChI is InChI=1S/C16H29N3O3/c1-4-14(20)19-13(15(21)17-10-11-18(2)3)12-22-16(19)8-6-5-7-9-16/h13H,4-12H2,1-3H3,(H,17,21)/p+1/t13-/m0/s1. The molecule has 1 atom stereocenters. The zero-order valence-electron chi connectivity index (χ0n) is 14.1. The summed E-state index contributed by atoms with van der Waals surface area (Å²) < 4.78 is 6.02. The van der Waals surface area contributed by atoms with Crippen molar-refractivity contribution in [3.63, 3.8) is 0 Å². The largest absolute Gasteiger partial charge is 0.353 e. The Bertz CT molecular complexity index is 405. The lowest BCUT2D eigenvalue weighted by atomic mass is 9.90. The van der Waals surface area contributed by atoms with E-state index in [1.165, 1.54) is 11.3 Å². The lowest BCUT2D eigenvalue weighted by molar-refractivity contribution is -0.856. The van der Waals surface area contributed by atoms with Gasteiger partial charge in [-0.25, -0.2) is 0 Å². The number of rotatable bonds is 5. The number of hydrogen-bond donors (Lipinski definition) is 2. The smallest absolute Gasteiger partial charge is 0.245 e. The summed E-state index contributed by atoms with van der Waals surface area (Å²) in [6.45, 7) is 3.67. The average Bonchev–Trinajstić information content (AvgIpc) is 2.85. The molecule has 0 radical (unpaired) electrons. The van der Waals surface area contributed by atoms with Gasteiger partial charge in [0, 0.05) is 6.42 Å². The Morgan fingerprint density at radius 2 is 1.95 bits per heavy atom. The van der Waals surface area contributed by atoms with Crippen LogP contribution in [0.1, 0.15) is 45.4 Å². The van der Waals surface area contributed by atoms with Crippen LogP contribution in [-0.4, -0.2) is 62.3 Å². The summed E-state index contributed by atoms with van der Waals surface area (Å²) in [5.41, 5.74) is -0.528. The average molecular weight is 312 g/mol. The van der Waals surface area contributed by atoms with Gasteiger partial charge in [-0.3, -0.25) is 14.5 Å². The van der Waals surface area contributed by atoms with Crippen molar-refractivity contribution in [1.82, 2.24) is 10.2 Å². The van der Waals surface area contributed by atoms with Crippen molar-refractivity contribution in [2.45, 2.75) is 57.2 Å². The number of hydrogen-bond acceptors (Lipinski definition) is 3. The molecule has 2 fully saturated rings. The van der Waals surface area contributed by atoms with Crippen molar-refractivity contribution in [3.05, 3.63) is 0 Å². The summed E-state index contributed by atoms with van der Waals surface area (Å²) in [6, 6.07) is -0.470. The zero-order chi connectivity index (χ0) is 16.2. The van der Waals surface area contributed by atoms with Crippen molar-refractivity contribution in [1.29, 1.82) is 0 Å². The molecule has 22 heavy (non-hydrogen) atoms. The maximum Gasteiger partial charge on any atom is 0.245 e. The molecule has 2 aliphatic rings. The van der Waals surface area contributed by atoms with Crippen LogP contribution in [0.25, 0.3) is 0 Å². The molecule has 1 saturated heterocycles. The van der Waals surface area contributed by atoms with Crippen molar-refractivity contribution < 1.29 is 19.2 Å². The van der Waals surface area contributed by atoms with Crippen LogP contribution in [0.5, 0.6) is 0 Å². The fourth-order valence-corrected chi connectivity index (χ4v) is 3.47. The van der Waals surface area contributed by atoms with Crippen molar-refractivity contribution in [2.75, 3.05) is 33.8 Å². The van der Waals surface area contributed by atoms with Gasteiger partial charge in [-0.2, -0.15) is 0 Å². The number of nitrogens with one attached hydrogen (secondary N) is 2. The Labute approximate surface area is 133 Å². The van der Waals surface area contributed by atoms with Gasteiger partial charge < -0.3 is 15.0 Å². The molecule has 1 heterocycles. The van der Waals surface area contributed by atoms with Crippen LogP contribution >= 0.6 is 0 Å². The van der Waals surface area contributed by atoms with Crippen molar-refractivity contribution >= 4 is 11.8 Å². The van der Waals surface area contributed by atoms with Gasteiger partial charge in [-0.05, 0) is 25.7 Å². The second-order valence-corrected chi connectivity index (χ2v) is 6.70. The van der Waals surface area contributed by atoms with Crippen LogP contribution in [0.3, 0.4) is 0 Å². The molecule has 0 aromatic rings. The molecule has 2 rings (SSSR count). The van der Waals surface area contributed by atoms with E-state index in [-0.39, 0.29) is 11.8 Å². The van der Waals surface area contributed by atoms with E-state index in [4.69, 9.17) is 4.74 Å². The highest BCUT2D eigenvalue weighted by molar-refractivity contribution is 5.88. The first-order valence-electron chi connectivity index (χ1n) is 8.53. The zero-order valence-corrected chi connectivity index (χ0v) is 14.1. The van der Waals surface area contributed by atoms with E-state index < -0.39 is 11.8 Å². The molecule has 6 nitrogen and oxygen atoms in total. The van der Waals surface area contributed by atoms with Gasteiger partial charge in [-0.15, -0.1) is 0 Å². The second kappa shape index (κ2) is 7.42. The number of carbonyl (C=O) groups excluding carboxylic acids is 2. The molecule has 0 unspecified atom stereocenters. The van der Waals surface area contributed by atoms with E-state index in [9.17, 15) is 9.59 Å². The van der Waals surface area contributed by atoms with E-state index in [1.807, 2.05) is 6.92 Å². The number of ether oxygens (including phenoxy) is 1. The minimum atomic E-state index is -0.528. The monoisotopic (exact) mass is 312 g/mol. The van der Waals surface area contributed by atoms with Crippen molar-refractivity contribution in [2.24, 2.45) is 0 Å². The van der Waals surface area contributed by atoms with Gasteiger partial charge >= 0.3 is 0 Å². The molecule has 2 N–H and O–H groups in total. The molecule has 1 aliphatic heterocycles. The molecule has 1 spiro atoms. The topological polar surface area (TPSA) is 63.1 Å². The van der Waals surface area contributed by atoms with Crippen LogP contribution < -0.4 is 10.2 Å². The van der Waals surface area contributed by atoms with Gasteiger partial charge in [0.1, 0.15) is 11.8 Å². The number of amides is 2. The Hall–Kier alpha value is -1.14. The molecular weight excluding hydrogens is 282 g/mol. The maximum absolute atomic E-state index is 12.5. The SMILES string of the molecule is CCC(=O)N1[C@H](C(=O)NCC[NH+](C)C)COC12CCCCC2. The highest BCUT2D eigenvalue weighted by Gasteiger charge is 2.52. The fraction of sp³-hybridized carbons (Fsp3) is 0.875. The van der Waals surface area contributed by atoms with Crippen LogP contribution in [-0.2, 0) is 14.3 Å². The molecule has 0 aromatic carbocycles. The molecule has 1 saturated carbocycles. The lowest BCUT2D eigenvalue weighted by Gasteiger charge is -2.41. The summed E-state index contributed by atoms with van der Waals surface area (Å²) in [4.78, 5) is 28.0. The molecule has 0 aromatic heterocycles. The minimum Gasteiger partial charge on any atom is -0.353 e. The summed E-state index contributed by atoms with van der Waals surface area (Å²) in [5.74, 6) is -0.0525. The number of likely N-dealkylation sites (N-methyl/N-ethyl adjacent to an activating group) is 1. The van der Waals surface area contributed by atoms with E-state index in [0.717, 1.165) is 32.2 Å². The van der Waals surface area contributed by atoms with Crippen LogP contribution in [0, 0.1) is 0 Å². The Balaban J connectivity index is 2.06. The van der Waals surface area contributed by atoms with Crippen molar-refractivity contribution in [3.8, 4) is 0 Å². The quantitative estimate of drug-likeness (QED) is 0.722. The third kappa shape index (κ3) is 3.60. The van der Waals surface area contributed by atoms with E-state index in [0.29, 0.717) is 19.6 Å². The Morgan fingerprint density at radius 3 is 2.55 bits per heavy atom. The Morgan fingerprint density at radius 1 is 1.27 bits per heavy atom. The minimum absolute atomic E-state index is 0.0257. The van der Waals surface area contributed by atoms with Gasteiger partial charge in [0.05, 0.1) is 33.8 Å². The first-order valence-corrected chi connectivity index (χ1v) is 8.53. The van der Waals surface area contributed by atoms with Crippen LogP contribution in [0.4, 0.5) is 0 Å². The molecule has 1 aliphatic carbocycles. The predicted octanol–water partition coefficient (Wildman–Crippen LogP) is -0.455. The third-order valence-electron chi connectivity index (χ3n) is 4.69. The molecule has 2 amide bonds. The van der Waals surface area contributed by atoms with Gasteiger partial charge in [0.25, 0.3) is 0 Å². The highest BCUT2D eigenvalue weighted by Crippen LogP contribution is 2.40. The van der Waals surface area contributed by atoms with E-state index in [2.05, 4.69) is 19.4 Å². The van der Waals surface area contributed by atoms with E-state index >= 15 is 0 Å². The summed E-state index contributed by atoms with van der Waals surface area (Å²) in [5, 5.41) is 2.95. The molecular formula is C16H30N3O3+. The maximum atomic E-state index is 12.5. The Kier molecular flexibility index (Phi) is 5.81. The first kappa shape index (κ1) is 17.2. The van der Waals surface area contributed by atoms with Gasteiger partial charge in [0.15, 0.2) is 0 Å². The molecule has 126 valence electrons. The van der Waals surface area contributed by atoms with Crippen LogP contribution in [0.15, 0.2) is 0 Å². The van der Waals surface area contributed by atoms with E-state index in [1.54, 1.807) is 4.90 Å². The normalized spacial score (nSPS) is 24.0. The predicted molar refractivity (Wildman–Crippen MR) is 83.4 cm³/mol. The number of nitrogens with zero attached hydrogens (tertiary/aromatic N) is 1. The summed E-state index contributed by atoms with van der Waals surface area (Å²) >= 11 is 0. The molecule has 6 heteroatoms. The van der Waals surface area contributed by atoms with Crippen LogP contribution in [0.2, 0.25) is 0 Å². The molecule has 0 bridgehead atoms. The van der Waals surface area contributed by atoms with Gasteiger partial charge in [-0.1, -0.05) is 13.3 Å². The number of quaternary nitrogens is 1. The first-order chi connectivity index (χ1) is 10.5. The summed E-state index contributed by atoms with van der Waals surface area (Å²) in [7, 11) is 4.10. The second-order valence-electron chi connectivity index (χ2n) is 6.70. The lowest BCUT2D eigenvalue weighted by Crippen LogP contribution is -3.06. The third-order valence-corrected chi connectivity index (χ3v) is 4.69. The fourth-order valence-electron chi connectivity index (χ4n) is 3.47. The van der Waals surface area contributed by atoms with Gasteiger partial charge in [0.2, 0.25) is 11.8 Å². The summed E-state index contributed by atoms with van der Waals surface area (Å²) in [6.07, 6.45) is 5.42. The highest BCUT2D eigenvalue weighted by atomic mass is 16.5. The number of carbonyl (C=O) groups is 2.